The van der Waals surface area contributed by atoms with Crippen molar-refractivity contribution in [3.8, 4) is 5.75 Å². The molecule has 1 rings (SSSR count). The monoisotopic (exact) mass is 257 g/mol. The molecule has 0 bridgehead atoms. The molecule has 0 aliphatic rings. The Kier molecular flexibility index (Phi) is 5.25. The van der Waals surface area contributed by atoms with Crippen molar-refractivity contribution in [1.82, 2.24) is 5.32 Å². The number of amides is 1. The minimum atomic E-state index is -0.161. The van der Waals surface area contributed by atoms with E-state index in [1.807, 2.05) is 14.1 Å². The van der Waals surface area contributed by atoms with Crippen molar-refractivity contribution < 1.29 is 14.4 Å². The number of nitrogens with one attached hydrogen (secondary N) is 2. The molecule has 5 heteroatoms. The highest BCUT2D eigenvalue weighted by Crippen LogP contribution is 2.22. The molecule has 1 aromatic rings. The number of rotatable bonds is 5. The summed E-state index contributed by atoms with van der Waals surface area (Å²) < 4.78 is 5.12. The van der Waals surface area contributed by atoms with Crippen molar-refractivity contribution in [2.45, 2.75) is 0 Å². The second-order valence-corrected chi connectivity index (χ2v) is 4.49. The van der Waals surface area contributed by atoms with Gasteiger partial charge in [0.25, 0.3) is 5.91 Å². The molecule has 0 saturated heterocycles. The number of hydrogen-bond acceptors (Lipinski definition) is 2. The van der Waals surface area contributed by atoms with Gasteiger partial charge in [-0.05, 0) is 18.2 Å². The summed E-state index contributed by atoms with van der Waals surface area (Å²) in [4.78, 5) is 13.2. The van der Waals surface area contributed by atoms with Crippen molar-refractivity contribution in [3.05, 3.63) is 28.8 Å². The third-order valence-corrected chi connectivity index (χ3v) is 2.55. The zero-order valence-electron chi connectivity index (χ0n) is 10.3. The molecular weight excluding hydrogens is 240 g/mol. The smallest absolute Gasteiger partial charge is 0.255 e. The first kappa shape index (κ1) is 13.8. The molecule has 0 aliphatic carbocycles. The molecule has 0 unspecified atom stereocenters. The zero-order valence-corrected chi connectivity index (χ0v) is 11.1. The van der Waals surface area contributed by atoms with Crippen LogP contribution >= 0.6 is 11.6 Å². The number of hydrogen-bond donors (Lipinski definition) is 2. The van der Waals surface area contributed by atoms with Crippen LogP contribution in [0.1, 0.15) is 10.4 Å². The quantitative estimate of drug-likeness (QED) is 0.793. The van der Waals surface area contributed by atoms with Gasteiger partial charge in [0.15, 0.2) is 0 Å². The first-order valence-electron chi connectivity index (χ1n) is 5.45. The lowest BCUT2D eigenvalue weighted by Gasteiger charge is -2.11. The van der Waals surface area contributed by atoms with Crippen LogP contribution in [-0.4, -0.2) is 40.2 Å². The van der Waals surface area contributed by atoms with Gasteiger partial charge < -0.3 is 15.0 Å². The third-order valence-electron chi connectivity index (χ3n) is 2.32. The zero-order chi connectivity index (χ0) is 12.8. The van der Waals surface area contributed by atoms with Crippen molar-refractivity contribution in [1.29, 1.82) is 0 Å². The standard InChI is InChI=1S/C12H17ClN2O2/c1-15(2)7-6-14-12(16)10-8-9(13)4-5-11(10)17-3/h4-5,8H,6-7H2,1-3H3,(H,14,16)/p+1. The normalized spacial score (nSPS) is 10.4. The molecule has 0 aromatic heterocycles. The van der Waals surface area contributed by atoms with E-state index in [9.17, 15) is 4.79 Å². The Morgan fingerprint density at radius 2 is 2.18 bits per heavy atom. The molecule has 0 aliphatic heterocycles. The highest BCUT2D eigenvalue weighted by atomic mass is 35.5. The fraction of sp³-hybridized carbons (Fsp3) is 0.417. The van der Waals surface area contributed by atoms with E-state index in [0.29, 0.717) is 22.9 Å². The predicted molar refractivity (Wildman–Crippen MR) is 68.0 cm³/mol. The van der Waals surface area contributed by atoms with Gasteiger partial charge >= 0.3 is 0 Å². The van der Waals surface area contributed by atoms with E-state index < -0.39 is 0 Å². The average Bonchev–Trinajstić information content (AvgIpc) is 2.28. The van der Waals surface area contributed by atoms with Crippen LogP contribution < -0.4 is 15.0 Å². The number of halogens is 1. The highest BCUT2D eigenvalue weighted by molar-refractivity contribution is 6.31. The molecule has 1 aromatic carbocycles. The molecule has 0 radical (unpaired) electrons. The number of quaternary nitrogens is 1. The van der Waals surface area contributed by atoms with Crippen molar-refractivity contribution in [3.63, 3.8) is 0 Å². The summed E-state index contributed by atoms with van der Waals surface area (Å²) in [6, 6.07) is 4.99. The molecule has 17 heavy (non-hydrogen) atoms. The molecule has 1 amide bonds. The average molecular weight is 258 g/mol. The number of carbonyl (C=O) groups excluding carboxylic acids is 1. The van der Waals surface area contributed by atoms with Crippen LogP contribution in [0.4, 0.5) is 0 Å². The third kappa shape index (κ3) is 4.24. The minimum Gasteiger partial charge on any atom is -0.496 e. The van der Waals surface area contributed by atoms with Crippen LogP contribution in [0, 0.1) is 0 Å². The molecule has 0 fully saturated rings. The Morgan fingerprint density at radius 3 is 2.76 bits per heavy atom. The van der Waals surface area contributed by atoms with Gasteiger partial charge in [-0.3, -0.25) is 4.79 Å². The Hall–Kier alpha value is -1.26. The molecule has 0 atom stereocenters. The fourth-order valence-corrected chi connectivity index (χ4v) is 1.55. The van der Waals surface area contributed by atoms with E-state index in [1.54, 1.807) is 18.2 Å². The van der Waals surface area contributed by atoms with Gasteiger partial charge in [0.05, 0.1) is 39.9 Å². The molecule has 2 N–H and O–H groups in total. The van der Waals surface area contributed by atoms with E-state index >= 15 is 0 Å². The molecule has 0 saturated carbocycles. The highest BCUT2D eigenvalue weighted by Gasteiger charge is 2.12. The second kappa shape index (κ2) is 6.47. The summed E-state index contributed by atoms with van der Waals surface area (Å²) in [5.41, 5.74) is 0.466. The number of methoxy groups -OCH3 is 1. The van der Waals surface area contributed by atoms with E-state index in [4.69, 9.17) is 16.3 Å². The summed E-state index contributed by atoms with van der Waals surface area (Å²) >= 11 is 5.86. The summed E-state index contributed by atoms with van der Waals surface area (Å²) in [6.07, 6.45) is 0. The van der Waals surface area contributed by atoms with Crippen molar-refractivity contribution in [2.75, 3.05) is 34.3 Å². The first-order valence-corrected chi connectivity index (χ1v) is 5.83. The maximum absolute atomic E-state index is 11.9. The Bertz CT molecular complexity index is 394. The fourth-order valence-electron chi connectivity index (χ4n) is 1.38. The van der Waals surface area contributed by atoms with Gasteiger partial charge in [-0.15, -0.1) is 0 Å². The molecular formula is C12H18ClN2O2+. The minimum absolute atomic E-state index is 0.161. The van der Waals surface area contributed by atoms with Gasteiger partial charge in [-0.25, -0.2) is 0 Å². The lowest BCUT2D eigenvalue weighted by Crippen LogP contribution is -3.06. The maximum atomic E-state index is 11.9. The van der Waals surface area contributed by atoms with Gasteiger partial charge in [-0.2, -0.15) is 0 Å². The largest absolute Gasteiger partial charge is 0.496 e. The lowest BCUT2D eigenvalue weighted by atomic mass is 10.2. The number of benzene rings is 1. The SMILES string of the molecule is COc1ccc(Cl)cc1C(=O)NCC[NH+](C)C. The van der Waals surface area contributed by atoms with Crippen molar-refractivity contribution in [2.24, 2.45) is 0 Å². The topological polar surface area (TPSA) is 42.8 Å². The summed E-state index contributed by atoms with van der Waals surface area (Å²) in [5.74, 6) is 0.370. The van der Waals surface area contributed by atoms with Crippen molar-refractivity contribution >= 4 is 17.5 Å². The number of ether oxygens (including phenoxy) is 1. The van der Waals surface area contributed by atoms with Crippen LogP contribution in [0.3, 0.4) is 0 Å². The van der Waals surface area contributed by atoms with E-state index in [1.165, 1.54) is 12.0 Å². The van der Waals surface area contributed by atoms with Gasteiger partial charge in [0.2, 0.25) is 0 Å². The second-order valence-electron chi connectivity index (χ2n) is 4.06. The first-order chi connectivity index (χ1) is 8.04. The lowest BCUT2D eigenvalue weighted by molar-refractivity contribution is -0.856. The van der Waals surface area contributed by atoms with Gasteiger partial charge in [0, 0.05) is 5.02 Å². The molecule has 4 nitrogen and oxygen atoms in total. The summed E-state index contributed by atoms with van der Waals surface area (Å²) in [6.45, 7) is 1.49. The summed E-state index contributed by atoms with van der Waals surface area (Å²) in [5, 5.41) is 3.36. The Morgan fingerprint density at radius 1 is 1.47 bits per heavy atom. The molecule has 0 heterocycles. The van der Waals surface area contributed by atoms with Crippen LogP contribution in [0.5, 0.6) is 5.75 Å². The number of likely N-dealkylation sites (N-methyl/N-ethyl adjacent to an activating group) is 1. The van der Waals surface area contributed by atoms with E-state index in [2.05, 4.69) is 5.32 Å². The Labute approximate surface area is 107 Å². The van der Waals surface area contributed by atoms with Crippen LogP contribution in [0.25, 0.3) is 0 Å². The van der Waals surface area contributed by atoms with Crippen LogP contribution in [0.2, 0.25) is 5.02 Å². The number of carbonyl (C=O) groups is 1. The predicted octanol–water partition coefficient (Wildman–Crippen LogP) is 0.223. The van der Waals surface area contributed by atoms with Crippen LogP contribution in [0.15, 0.2) is 18.2 Å². The maximum Gasteiger partial charge on any atom is 0.255 e. The van der Waals surface area contributed by atoms with Gasteiger partial charge in [0.1, 0.15) is 5.75 Å². The van der Waals surface area contributed by atoms with Crippen LogP contribution in [-0.2, 0) is 0 Å². The molecule has 94 valence electrons. The summed E-state index contributed by atoms with van der Waals surface area (Å²) in [7, 11) is 5.60. The van der Waals surface area contributed by atoms with Gasteiger partial charge in [-0.1, -0.05) is 11.6 Å². The Balaban J connectivity index is 2.70. The van der Waals surface area contributed by atoms with E-state index in [0.717, 1.165) is 6.54 Å². The van der Waals surface area contributed by atoms with E-state index in [-0.39, 0.29) is 5.91 Å². The molecule has 0 spiro atoms.